The molecule has 0 radical (unpaired) electrons. The highest BCUT2D eigenvalue weighted by Crippen LogP contribution is 2.38. The lowest BCUT2D eigenvalue weighted by Crippen LogP contribution is -2.36. The van der Waals surface area contributed by atoms with Gasteiger partial charge in [-0.1, -0.05) is 5.57 Å². The average molecular weight is 385 g/mol. The molecule has 0 unspecified atom stereocenters. The van der Waals surface area contributed by atoms with Gasteiger partial charge in [0, 0.05) is 61.5 Å². The second-order valence-electron chi connectivity index (χ2n) is 7.76. The minimum absolute atomic E-state index is 0.156. The van der Waals surface area contributed by atoms with E-state index < -0.39 is 0 Å². The van der Waals surface area contributed by atoms with E-state index in [0.29, 0.717) is 6.42 Å². The second-order valence-corrected chi connectivity index (χ2v) is 8.68. The molecule has 4 rings (SSSR count). The molecule has 0 spiro atoms. The van der Waals surface area contributed by atoms with Crippen LogP contribution in [0.3, 0.4) is 0 Å². The van der Waals surface area contributed by atoms with Crippen LogP contribution in [0, 0.1) is 0 Å². The Hall–Kier alpha value is -1.92. The Morgan fingerprint density at radius 3 is 2.85 bits per heavy atom. The number of rotatable bonds is 4. The Labute approximate surface area is 165 Å². The van der Waals surface area contributed by atoms with Crippen LogP contribution in [0.4, 0.5) is 0 Å². The molecule has 2 aromatic heterocycles. The molecule has 0 bridgehead atoms. The summed E-state index contributed by atoms with van der Waals surface area (Å²) in [5, 5.41) is 5.20. The molecule has 6 heteroatoms. The topological polar surface area (TPSA) is 50.2 Å². The van der Waals surface area contributed by atoms with E-state index in [1.807, 2.05) is 31.4 Å². The number of thiophene rings is 1. The molecule has 0 atom stereocenters. The van der Waals surface area contributed by atoms with Gasteiger partial charge in [-0.3, -0.25) is 4.79 Å². The first-order valence-corrected chi connectivity index (χ1v) is 10.8. The third-order valence-corrected chi connectivity index (χ3v) is 6.43. The molecule has 4 heterocycles. The number of aromatic nitrogens is 2. The van der Waals surface area contributed by atoms with Crippen molar-refractivity contribution in [1.82, 2.24) is 19.8 Å². The normalized spacial score (nSPS) is 17.6. The summed E-state index contributed by atoms with van der Waals surface area (Å²) in [6, 6.07) is 2.49. The smallest absolute Gasteiger partial charge is 0.221 e. The van der Waals surface area contributed by atoms with E-state index in [-0.39, 0.29) is 11.9 Å². The minimum Gasteiger partial charge on any atom is -0.354 e. The molecule has 144 valence electrons. The summed E-state index contributed by atoms with van der Waals surface area (Å²) in [6.45, 7) is 7.91. The number of carbonyl (C=O) groups excluding carboxylic acids is 1. The highest BCUT2D eigenvalue weighted by atomic mass is 32.1. The number of likely N-dealkylation sites (tertiary alicyclic amines) is 1. The molecule has 1 saturated heterocycles. The Bertz CT molecular complexity index is 794. The minimum atomic E-state index is 0.156. The molecule has 1 N–H and O–H groups in total. The van der Waals surface area contributed by atoms with Gasteiger partial charge in [-0.15, -0.1) is 11.3 Å². The SMILES string of the molecule is CC(C)NC(=O)CCN1CCC(=C2c3sccc3CCn3ccnc32)CC1. The third kappa shape index (κ3) is 4.01. The van der Waals surface area contributed by atoms with Crippen molar-refractivity contribution < 1.29 is 4.79 Å². The molecule has 5 nitrogen and oxygen atoms in total. The van der Waals surface area contributed by atoms with E-state index >= 15 is 0 Å². The Kier molecular flexibility index (Phi) is 5.45. The molecular weight excluding hydrogens is 356 g/mol. The summed E-state index contributed by atoms with van der Waals surface area (Å²) in [5.41, 5.74) is 4.36. The van der Waals surface area contributed by atoms with Crippen molar-refractivity contribution in [1.29, 1.82) is 0 Å². The van der Waals surface area contributed by atoms with Crippen LogP contribution >= 0.6 is 11.3 Å². The largest absolute Gasteiger partial charge is 0.354 e. The summed E-state index contributed by atoms with van der Waals surface area (Å²) in [6.07, 6.45) is 7.82. The number of nitrogens with zero attached hydrogens (tertiary/aromatic N) is 3. The van der Waals surface area contributed by atoms with E-state index in [0.717, 1.165) is 51.3 Å². The monoisotopic (exact) mass is 384 g/mol. The fourth-order valence-electron chi connectivity index (χ4n) is 4.08. The maximum Gasteiger partial charge on any atom is 0.221 e. The van der Waals surface area contributed by atoms with Crippen molar-refractivity contribution >= 4 is 22.8 Å². The summed E-state index contributed by atoms with van der Waals surface area (Å²) < 4.78 is 2.30. The van der Waals surface area contributed by atoms with Crippen molar-refractivity contribution in [3.05, 3.63) is 45.7 Å². The molecule has 1 amide bonds. The second kappa shape index (κ2) is 7.98. The lowest BCUT2D eigenvalue weighted by atomic mass is 9.95. The molecule has 2 aliphatic rings. The molecule has 27 heavy (non-hydrogen) atoms. The van der Waals surface area contributed by atoms with Crippen LogP contribution in [0.1, 0.15) is 49.4 Å². The maximum absolute atomic E-state index is 11.9. The molecule has 2 aromatic rings. The lowest BCUT2D eigenvalue weighted by molar-refractivity contribution is -0.121. The Balaban J connectivity index is 1.48. The zero-order valence-electron chi connectivity index (χ0n) is 16.2. The molecular formula is C21H28N4OS. The van der Waals surface area contributed by atoms with E-state index in [9.17, 15) is 4.79 Å². The van der Waals surface area contributed by atoms with Gasteiger partial charge in [0.15, 0.2) is 0 Å². The molecule has 0 aromatic carbocycles. The average Bonchev–Trinajstić information content (AvgIpc) is 3.27. The maximum atomic E-state index is 11.9. The van der Waals surface area contributed by atoms with E-state index in [2.05, 4.69) is 32.4 Å². The summed E-state index contributed by atoms with van der Waals surface area (Å²) in [5.74, 6) is 1.29. The quantitative estimate of drug-likeness (QED) is 0.880. The van der Waals surface area contributed by atoms with Gasteiger partial charge in [0.05, 0.1) is 0 Å². The number of hydrogen-bond acceptors (Lipinski definition) is 4. The van der Waals surface area contributed by atoms with Gasteiger partial charge in [0.2, 0.25) is 5.91 Å². The third-order valence-electron chi connectivity index (χ3n) is 5.45. The van der Waals surface area contributed by atoms with Crippen LogP contribution in [0.2, 0.25) is 0 Å². The van der Waals surface area contributed by atoms with Gasteiger partial charge in [0.25, 0.3) is 0 Å². The number of nitrogens with one attached hydrogen (secondary N) is 1. The number of aryl methyl sites for hydroxylation is 2. The zero-order chi connectivity index (χ0) is 18.8. The Morgan fingerprint density at radius 1 is 1.26 bits per heavy atom. The highest BCUT2D eigenvalue weighted by molar-refractivity contribution is 7.11. The number of fused-ring (bicyclic) bond motifs is 2. The first-order valence-electron chi connectivity index (χ1n) is 9.94. The predicted molar refractivity (Wildman–Crippen MR) is 110 cm³/mol. The van der Waals surface area contributed by atoms with Crippen molar-refractivity contribution in [3.8, 4) is 0 Å². The summed E-state index contributed by atoms with van der Waals surface area (Å²) in [4.78, 5) is 20.4. The van der Waals surface area contributed by atoms with Crippen molar-refractivity contribution in [2.24, 2.45) is 0 Å². The van der Waals surface area contributed by atoms with Crippen molar-refractivity contribution in [2.45, 2.75) is 52.1 Å². The molecule has 1 fully saturated rings. The van der Waals surface area contributed by atoms with E-state index in [1.54, 1.807) is 0 Å². The fourth-order valence-corrected chi connectivity index (χ4v) is 5.12. The van der Waals surface area contributed by atoms with Gasteiger partial charge in [-0.05, 0) is 50.1 Å². The first-order chi connectivity index (χ1) is 13.1. The number of piperidine rings is 1. The first kappa shape index (κ1) is 18.4. The van der Waals surface area contributed by atoms with Gasteiger partial charge in [0.1, 0.15) is 5.82 Å². The van der Waals surface area contributed by atoms with Crippen LogP contribution in [-0.2, 0) is 17.8 Å². The van der Waals surface area contributed by atoms with Crippen LogP contribution in [0.15, 0.2) is 29.4 Å². The van der Waals surface area contributed by atoms with Gasteiger partial charge in [-0.25, -0.2) is 4.98 Å². The van der Waals surface area contributed by atoms with Crippen molar-refractivity contribution in [3.63, 3.8) is 0 Å². The number of imidazole rings is 1. The van der Waals surface area contributed by atoms with Crippen LogP contribution < -0.4 is 5.32 Å². The van der Waals surface area contributed by atoms with Crippen molar-refractivity contribution in [2.75, 3.05) is 19.6 Å². The van der Waals surface area contributed by atoms with Gasteiger partial charge >= 0.3 is 0 Å². The van der Waals surface area contributed by atoms with E-state index in [4.69, 9.17) is 4.98 Å². The van der Waals surface area contributed by atoms with Crippen LogP contribution in [0.25, 0.3) is 5.57 Å². The van der Waals surface area contributed by atoms with E-state index in [1.165, 1.54) is 21.6 Å². The summed E-state index contributed by atoms with van der Waals surface area (Å²) >= 11 is 1.85. The zero-order valence-corrected chi connectivity index (χ0v) is 17.0. The van der Waals surface area contributed by atoms with Gasteiger partial charge in [-0.2, -0.15) is 0 Å². The van der Waals surface area contributed by atoms with Crippen LogP contribution in [-0.4, -0.2) is 46.0 Å². The predicted octanol–water partition coefficient (Wildman–Crippen LogP) is 3.31. The molecule has 0 aliphatic carbocycles. The number of amides is 1. The Morgan fingerprint density at radius 2 is 2.07 bits per heavy atom. The summed E-state index contributed by atoms with van der Waals surface area (Å²) in [7, 11) is 0. The lowest BCUT2D eigenvalue weighted by Gasteiger charge is -2.29. The fraction of sp³-hybridized carbons (Fsp3) is 0.524. The number of carbonyl (C=O) groups is 1. The highest BCUT2D eigenvalue weighted by Gasteiger charge is 2.26. The number of hydrogen-bond donors (Lipinski definition) is 1. The standard InChI is InChI=1S/C21H28N4OS/c1-15(2)23-18(26)6-11-24-9-3-16(4-10-24)19-20-17(7-14-27-20)5-12-25-13-8-22-21(19)25/h7-8,13-15H,3-6,9-12H2,1-2H3,(H,23,26). The molecule has 2 aliphatic heterocycles. The molecule has 0 saturated carbocycles. The van der Waals surface area contributed by atoms with Crippen LogP contribution in [0.5, 0.6) is 0 Å². The van der Waals surface area contributed by atoms with Gasteiger partial charge < -0.3 is 14.8 Å².